The maximum Gasteiger partial charge on any atom is 0.322 e. The Morgan fingerprint density at radius 2 is 1.74 bits per heavy atom. The van der Waals surface area contributed by atoms with E-state index >= 15 is 0 Å². The zero-order valence-electron chi connectivity index (χ0n) is 20.3. The summed E-state index contributed by atoms with van der Waals surface area (Å²) in [6, 6.07) is 21.2. The number of benzene rings is 3. The quantitative estimate of drug-likeness (QED) is 0.261. The average molecular weight is 556 g/mol. The molecule has 0 saturated heterocycles. The minimum atomic E-state index is -0.557. The van der Waals surface area contributed by atoms with E-state index in [4.69, 9.17) is 27.9 Å². The van der Waals surface area contributed by atoms with Gasteiger partial charge < -0.3 is 20.3 Å². The summed E-state index contributed by atoms with van der Waals surface area (Å²) in [5, 5.41) is 10.6. The predicted octanol–water partition coefficient (Wildman–Crippen LogP) is 6.10. The fraction of sp³-hybridized carbons (Fsp3) is 0.148. The Bertz CT molecular complexity index is 1410. The first kappa shape index (κ1) is 27.1. The molecule has 8 nitrogen and oxygen atoms in total. The first-order chi connectivity index (χ1) is 18.4. The van der Waals surface area contributed by atoms with Crippen molar-refractivity contribution >= 4 is 46.6 Å². The van der Waals surface area contributed by atoms with E-state index in [1.54, 1.807) is 36.4 Å². The molecule has 0 atom stereocenters. The Morgan fingerprint density at radius 3 is 2.45 bits per heavy atom. The summed E-state index contributed by atoms with van der Waals surface area (Å²) in [7, 11) is 1.50. The van der Waals surface area contributed by atoms with E-state index in [0.717, 1.165) is 5.56 Å². The predicted molar refractivity (Wildman–Crippen MR) is 147 cm³/mol. The molecule has 0 bridgehead atoms. The molecule has 3 aromatic carbocycles. The first-order valence-corrected chi connectivity index (χ1v) is 12.3. The van der Waals surface area contributed by atoms with Crippen LogP contribution in [-0.4, -0.2) is 53.4 Å². The lowest BCUT2D eigenvalue weighted by atomic mass is 10.1. The Labute approximate surface area is 228 Å². The van der Waals surface area contributed by atoms with E-state index in [0.29, 0.717) is 22.9 Å². The second kappa shape index (κ2) is 12.6. The van der Waals surface area contributed by atoms with Gasteiger partial charge in [-0.15, -0.1) is 0 Å². The number of nitrogens with zero attached hydrogens (tertiary/aromatic N) is 3. The minimum Gasteiger partial charge on any atom is -0.383 e. The lowest BCUT2D eigenvalue weighted by Crippen LogP contribution is -2.42. The third kappa shape index (κ3) is 6.69. The van der Waals surface area contributed by atoms with Crippen molar-refractivity contribution in [1.29, 1.82) is 0 Å². The molecule has 0 aliphatic heterocycles. The van der Waals surface area contributed by atoms with Gasteiger partial charge in [-0.25, -0.2) is 13.9 Å². The molecule has 4 aromatic rings. The molecule has 0 radical (unpaired) electrons. The molecule has 0 saturated carbocycles. The van der Waals surface area contributed by atoms with E-state index in [1.807, 2.05) is 30.3 Å². The Hall–Kier alpha value is -3.92. The van der Waals surface area contributed by atoms with Gasteiger partial charge in [-0.2, -0.15) is 5.10 Å². The average Bonchev–Trinajstić information content (AvgIpc) is 3.33. The summed E-state index contributed by atoms with van der Waals surface area (Å²) in [5.74, 6) is -0.517. The van der Waals surface area contributed by atoms with E-state index in [1.165, 1.54) is 28.8 Å². The highest BCUT2D eigenvalue weighted by Crippen LogP contribution is 2.30. The number of carbonyl (C=O) groups excluding carboxylic acids is 2. The number of methoxy groups -OCH3 is 1. The number of carbonyl (C=O) groups is 2. The van der Waals surface area contributed by atoms with Gasteiger partial charge in [0, 0.05) is 25.3 Å². The van der Waals surface area contributed by atoms with Gasteiger partial charge in [0.1, 0.15) is 18.2 Å². The third-order valence-electron chi connectivity index (χ3n) is 5.50. The van der Waals surface area contributed by atoms with Crippen molar-refractivity contribution in [1.82, 2.24) is 14.7 Å². The van der Waals surface area contributed by atoms with Crippen LogP contribution in [-0.2, 0) is 9.53 Å². The summed E-state index contributed by atoms with van der Waals surface area (Å²) in [6.07, 6.45) is 0. The van der Waals surface area contributed by atoms with Gasteiger partial charge in [-0.1, -0.05) is 59.6 Å². The highest BCUT2D eigenvalue weighted by Gasteiger charge is 2.21. The van der Waals surface area contributed by atoms with Crippen molar-refractivity contribution in [3.8, 4) is 16.9 Å². The molecular formula is C27H24Cl2FN5O3. The van der Waals surface area contributed by atoms with Gasteiger partial charge >= 0.3 is 6.03 Å². The normalized spacial score (nSPS) is 10.7. The second-order valence-corrected chi connectivity index (χ2v) is 8.95. The van der Waals surface area contributed by atoms with Gasteiger partial charge in [0.05, 0.1) is 33.7 Å². The maximum atomic E-state index is 13.5. The van der Waals surface area contributed by atoms with Crippen molar-refractivity contribution in [2.45, 2.75) is 0 Å². The number of hydrogen-bond acceptors (Lipinski definition) is 4. The van der Waals surface area contributed by atoms with Crippen LogP contribution >= 0.6 is 23.2 Å². The van der Waals surface area contributed by atoms with Gasteiger partial charge in [0.15, 0.2) is 0 Å². The van der Waals surface area contributed by atoms with Crippen LogP contribution in [0.4, 0.5) is 20.7 Å². The molecular weight excluding hydrogens is 532 g/mol. The number of hydrogen-bond donors (Lipinski definition) is 2. The van der Waals surface area contributed by atoms with Crippen LogP contribution in [0.2, 0.25) is 10.0 Å². The van der Waals surface area contributed by atoms with E-state index in [9.17, 15) is 14.0 Å². The van der Waals surface area contributed by atoms with Crippen LogP contribution in [0.5, 0.6) is 0 Å². The van der Waals surface area contributed by atoms with Crippen molar-refractivity contribution in [2.24, 2.45) is 0 Å². The van der Waals surface area contributed by atoms with E-state index in [2.05, 4.69) is 15.7 Å². The number of halogens is 3. The fourth-order valence-corrected chi connectivity index (χ4v) is 3.95. The summed E-state index contributed by atoms with van der Waals surface area (Å²) >= 11 is 12.2. The number of amides is 3. The molecule has 38 heavy (non-hydrogen) atoms. The van der Waals surface area contributed by atoms with Crippen LogP contribution in [0, 0.1) is 5.82 Å². The molecule has 4 rings (SSSR count). The van der Waals surface area contributed by atoms with Crippen LogP contribution in [0.15, 0.2) is 78.9 Å². The van der Waals surface area contributed by atoms with E-state index < -0.39 is 17.8 Å². The van der Waals surface area contributed by atoms with Gasteiger partial charge in [0.25, 0.3) is 0 Å². The Kier molecular flexibility index (Phi) is 8.96. The summed E-state index contributed by atoms with van der Waals surface area (Å²) in [6.45, 7) is 0.0543. The lowest BCUT2D eigenvalue weighted by Gasteiger charge is -2.23. The minimum absolute atomic E-state index is 0.139. The topological polar surface area (TPSA) is 88.5 Å². The van der Waals surface area contributed by atoms with Gasteiger partial charge in [0.2, 0.25) is 5.91 Å². The van der Waals surface area contributed by atoms with Crippen molar-refractivity contribution < 1.29 is 18.7 Å². The molecule has 0 fully saturated rings. The molecule has 0 spiro atoms. The smallest absolute Gasteiger partial charge is 0.322 e. The van der Waals surface area contributed by atoms with Gasteiger partial charge in [-0.05, 0) is 36.4 Å². The maximum absolute atomic E-state index is 13.5. The van der Waals surface area contributed by atoms with Crippen LogP contribution in [0.25, 0.3) is 16.9 Å². The van der Waals surface area contributed by atoms with Crippen LogP contribution < -0.4 is 10.6 Å². The third-order valence-corrected chi connectivity index (χ3v) is 6.32. The molecule has 0 aliphatic rings. The first-order valence-electron chi connectivity index (χ1n) is 11.6. The number of ether oxygens (including phenoxy) is 1. The number of rotatable bonds is 9. The molecule has 0 unspecified atom stereocenters. The van der Waals surface area contributed by atoms with Crippen molar-refractivity contribution in [3.05, 3.63) is 94.7 Å². The van der Waals surface area contributed by atoms with Crippen molar-refractivity contribution in [3.63, 3.8) is 0 Å². The SMILES string of the molecule is COCCN(CC(=O)Nc1cc(-c2ccccc2)nn1-c1ccc(F)cc1)C(=O)Nc1cccc(Cl)c1Cl. The molecule has 1 heterocycles. The monoisotopic (exact) mass is 555 g/mol. The molecule has 196 valence electrons. The Morgan fingerprint density at radius 1 is 1.00 bits per heavy atom. The molecule has 11 heteroatoms. The summed E-state index contributed by atoms with van der Waals surface area (Å²) in [5.41, 5.74) is 2.31. The summed E-state index contributed by atoms with van der Waals surface area (Å²) < 4.78 is 20.2. The summed E-state index contributed by atoms with van der Waals surface area (Å²) in [4.78, 5) is 27.4. The highest BCUT2D eigenvalue weighted by molar-refractivity contribution is 6.44. The Balaban J connectivity index is 1.56. The van der Waals surface area contributed by atoms with Gasteiger partial charge in [-0.3, -0.25) is 4.79 Å². The number of urea groups is 1. The lowest BCUT2D eigenvalue weighted by molar-refractivity contribution is -0.116. The number of aromatic nitrogens is 2. The zero-order valence-corrected chi connectivity index (χ0v) is 21.8. The number of anilines is 2. The number of nitrogens with one attached hydrogen (secondary N) is 2. The fourth-order valence-electron chi connectivity index (χ4n) is 3.60. The van der Waals surface area contributed by atoms with Crippen LogP contribution in [0.1, 0.15) is 0 Å². The standard InChI is InChI=1S/C27H24Cl2FN5O3/c1-38-15-14-34(27(37)31-22-9-5-8-21(28)26(22)29)17-25(36)32-24-16-23(18-6-3-2-4-7-18)33-35(24)20-12-10-19(30)11-13-20/h2-13,16H,14-15,17H2,1H3,(H,31,37)(H,32,36). The second-order valence-electron chi connectivity index (χ2n) is 8.16. The zero-order chi connectivity index (χ0) is 27.1. The molecule has 2 N–H and O–H groups in total. The van der Waals surface area contributed by atoms with Crippen molar-refractivity contribution in [2.75, 3.05) is 37.4 Å². The van der Waals surface area contributed by atoms with E-state index in [-0.39, 0.29) is 29.7 Å². The molecule has 0 aliphatic carbocycles. The molecule has 1 aromatic heterocycles. The molecule has 3 amide bonds. The van der Waals surface area contributed by atoms with Crippen LogP contribution in [0.3, 0.4) is 0 Å². The largest absolute Gasteiger partial charge is 0.383 e. The highest BCUT2D eigenvalue weighted by atomic mass is 35.5.